The zero-order valence-corrected chi connectivity index (χ0v) is 14.9. The van der Waals surface area contributed by atoms with Crippen molar-refractivity contribution in [1.29, 1.82) is 0 Å². The first kappa shape index (κ1) is 18.8. The number of nitro benzene ring substituents is 1. The molecule has 128 valence electrons. The van der Waals surface area contributed by atoms with Crippen LogP contribution in [0.15, 0.2) is 85.2 Å². The van der Waals surface area contributed by atoms with Gasteiger partial charge in [0.05, 0.1) is 10.5 Å². The van der Waals surface area contributed by atoms with Crippen molar-refractivity contribution in [2.24, 2.45) is 0 Å². The van der Waals surface area contributed by atoms with Crippen LogP contribution >= 0.6 is 0 Å². The van der Waals surface area contributed by atoms with Gasteiger partial charge in [0, 0.05) is 23.8 Å². The Labute approximate surface area is 156 Å². The fraction of sp³-hybridized carbons (Fsp3) is 0.105. The number of nitrogens with zero attached hydrogens (tertiary/aromatic N) is 2. The Balaban J connectivity index is 0.00000225. The number of aliphatic hydroxyl groups excluding tert-OH is 1. The third-order valence-corrected chi connectivity index (χ3v) is 3.95. The highest BCUT2D eigenvalue weighted by Gasteiger charge is 2.34. The molecule has 0 aliphatic heterocycles. The van der Waals surface area contributed by atoms with Gasteiger partial charge >= 0.3 is 0 Å². The molecule has 2 atom stereocenters. The normalized spacial score (nSPS) is 12.7. The van der Waals surface area contributed by atoms with E-state index in [1.165, 1.54) is 6.07 Å². The number of nitro groups is 1. The smallest absolute Gasteiger partial charge is 0.275 e. The maximum absolute atomic E-state index is 11.3. The van der Waals surface area contributed by atoms with E-state index in [-0.39, 0.29) is 22.7 Å². The quantitative estimate of drug-likeness (QED) is 0.378. The molecule has 0 saturated heterocycles. The number of benzene rings is 2. The van der Waals surface area contributed by atoms with E-state index in [0.717, 1.165) is 5.56 Å². The number of aliphatic hydroxyl groups is 1. The van der Waals surface area contributed by atoms with Crippen LogP contribution in [0.2, 0.25) is 0 Å². The molecule has 2 unspecified atom stereocenters. The van der Waals surface area contributed by atoms with Crippen LogP contribution in [0.4, 0.5) is 5.69 Å². The van der Waals surface area contributed by atoms with Gasteiger partial charge in [0.15, 0.2) is 18.5 Å². The van der Waals surface area contributed by atoms with Gasteiger partial charge in [-0.3, -0.25) is 10.1 Å². The summed E-state index contributed by atoms with van der Waals surface area (Å²) in [5.74, 6) is 0. The van der Waals surface area contributed by atoms with Gasteiger partial charge in [0.2, 0.25) is 6.04 Å². The van der Waals surface area contributed by atoms with E-state index in [2.05, 4.69) is 0 Å². The second-order valence-corrected chi connectivity index (χ2v) is 5.44. The van der Waals surface area contributed by atoms with Crippen LogP contribution in [0.1, 0.15) is 23.3 Å². The average Bonchev–Trinajstić information content (AvgIpc) is 2.63. The van der Waals surface area contributed by atoms with Crippen LogP contribution in [-0.2, 0) is 0 Å². The van der Waals surface area contributed by atoms with Crippen molar-refractivity contribution in [2.75, 3.05) is 0 Å². The summed E-state index contributed by atoms with van der Waals surface area (Å²) >= 11 is 0. The summed E-state index contributed by atoms with van der Waals surface area (Å²) in [6.07, 6.45) is 2.63. The minimum absolute atomic E-state index is 0. The lowest BCUT2D eigenvalue weighted by Gasteiger charge is -2.19. The topological polar surface area (TPSA) is 67.2 Å². The van der Waals surface area contributed by atoms with E-state index in [9.17, 15) is 15.2 Å². The van der Waals surface area contributed by atoms with Crippen LogP contribution in [-0.4, -0.2) is 10.0 Å². The van der Waals surface area contributed by atoms with Crippen molar-refractivity contribution in [3.63, 3.8) is 0 Å². The first-order valence-electron chi connectivity index (χ1n) is 7.60. The standard InChI is InChI=1S/C19H17N2O3.BrH/c22-19(16-11-5-6-12-17(16)21(23)24)18(15-9-3-1-4-10-15)20-13-7-2-8-14-20;/h1-14,18-19,22H;1H/q+1;/p-1. The summed E-state index contributed by atoms with van der Waals surface area (Å²) in [5, 5.41) is 22.3. The van der Waals surface area contributed by atoms with Gasteiger partial charge in [0.1, 0.15) is 0 Å². The summed E-state index contributed by atoms with van der Waals surface area (Å²) in [5.41, 5.74) is 1.09. The number of aromatic nitrogens is 1. The fourth-order valence-electron chi connectivity index (χ4n) is 2.84. The maximum Gasteiger partial charge on any atom is 0.275 e. The Hall–Kier alpha value is -2.57. The van der Waals surface area contributed by atoms with Crippen molar-refractivity contribution in [3.05, 3.63) is 106 Å². The molecule has 0 amide bonds. The Morgan fingerprint density at radius 3 is 2.08 bits per heavy atom. The Morgan fingerprint density at radius 1 is 0.880 bits per heavy atom. The van der Waals surface area contributed by atoms with E-state index in [1.807, 2.05) is 65.5 Å². The highest BCUT2D eigenvalue weighted by Crippen LogP contribution is 2.33. The van der Waals surface area contributed by atoms with E-state index in [1.54, 1.807) is 18.2 Å². The summed E-state index contributed by atoms with van der Waals surface area (Å²) < 4.78 is 1.86. The molecule has 0 radical (unpaired) electrons. The predicted molar refractivity (Wildman–Crippen MR) is 89.3 cm³/mol. The summed E-state index contributed by atoms with van der Waals surface area (Å²) in [6, 6.07) is 20.9. The van der Waals surface area contributed by atoms with E-state index in [4.69, 9.17) is 0 Å². The fourth-order valence-corrected chi connectivity index (χ4v) is 2.84. The van der Waals surface area contributed by atoms with Crippen molar-refractivity contribution in [3.8, 4) is 0 Å². The molecule has 1 aromatic heterocycles. The summed E-state index contributed by atoms with van der Waals surface area (Å²) in [7, 11) is 0. The third kappa shape index (κ3) is 4.10. The maximum atomic E-state index is 11.3. The zero-order valence-electron chi connectivity index (χ0n) is 13.3. The second-order valence-electron chi connectivity index (χ2n) is 5.44. The first-order valence-corrected chi connectivity index (χ1v) is 7.60. The molecule has 3 rings (SSSR count). The monoisotopic (exact) mass is 400 g/mol. The van der Waals surface area contributed by atoms with E-state index < -0.39 is 17.1 Å². The number of rotatable bonds is 5. The molecule has 2 aromatic carbocycles. The Bertz CT molecular complexity index is 789. The molecule has 0 spiro atoms. The van der Waals surface area contributed by atoms with Crippen LogP contribution in [0.25, 0.3) is 0 Å². The molecule has 0 aliphatic carbocycles. The lowest BCUT2D eigenvalue weighted by Crippen LogP contribution is -3.00. The summed E-state index contributed by atoms with van der Waals surface area (Å²) in [6.45, 7) is 0. The molecule has 5 nitrogen and oxygen atoms in total. The minimum atomic E-state index is -1.05. The lowest BCUT2D eigenvalue weighted by atomic mass is 9.94. The summed E-state index contributed by atoms with van der Waals surface area (Å²) in [4.78, 5) is 10.8. The zero-order chi connectivity index (χ0) is 16.9. The highest BCUT2D eigenvalue weighted by atomic mass is 79.9. The minimum Gasteiger partial charge on any atom is -1.00 e. The van der Waals surface area contributed by atoms with Gasteiger partial charge in [-0.05, 0) is 6.07 Å². The molecule has 0 fully saturated rings. The van der Waals surface area contributed by atoms with Crippen LogP contribution in [0.3, 0.4) is 0 Å². The lowest BCUT2D eigenvalue weighted by molar-refractivity contribution is -0.722. The molecule has 3 aromatic rings. The molecule has 0 bridgehead atoms. The van der Waals surface area contributed by atoms with Crippen molar-refractivity contribution < 1.29 is 31.6 Å². The van der Waals surface area contributed by atoms with Gasteiger partial charge in [0.25, 0.3) is 5.69 Å². The van der Waals surface area contributed by atoms with Gasteiger partial charge in [-0.1, -0.05) is 48.5 Å². The second kappa shape index (κ2) is 8.50. The highest BCUT2D eigenvalue weighted by molar-refractivity contribution is 5.42. The molecule has 25 heavy (non-hydrogen) atoms. The SMILES string of the molecule is O=[N+]([O-])c1ccccc1C(O)C(c1ccccc1)[n+]1ccccc1.[Br-]. The van der Waals surface area contributed by atoms with Gasteiger partial charge in [-0.25, -0.2) is 0 Å². The number of halogens is 1. The third-order valence-electron chi connectivity index (χ3n) is 3.95. The largest absolute Gasteiger partial charge is 1.00 e. The molecule has 1 heterocycles. The molecule has 0 aliphatic rings. The molecule has 0 saturated carbocycles. The first-order chi connectivity index (χ1) is 11.7. The number of para-hydroxylation sites is 1. The van der Waals surface area contributed by atoms with Crippen LogP contribution in [0, 0.1) is 10.1 Å². The van der Waals surface area contributed by atoms with Crippen molar-refractivity contribution in [2.45, 2.75) is 12.1 Å². The number of hydrogen-bond acceptors (Lipinski definition) is 3. The molecular formula is C19H17BrN2O3. The number of hydrogen-bond donors (Lipinski definition) is 1. The Kier molecular flexibility index (Phi) is 6.38. The van der Waals surface area contributed by atoms with E-state index >= 15 is 0 Å². The molecular weight excluding hydrogens is 384 g/mol. The van der Waals surface area contributed by atoms with E-state index in [0.29, 0.717) is 5.56 Å². The van der Waals surface area contributed by atoms with Crippen LogP contribution in [0.5, 0.6) is 0 Å². The Morgan fingerprint density at radius 2 is 1.44 bits per heavy atom. The molecule has 6 heteroatoms. The van der Waals surface area contributed by atoms with Gasteiger partial charge in [-0.15, -0.1) is 0 Å². The molecule has 1 N–H and O–H groups in total. The van der Waals surface area contributed by atoms with Crippen LogP contribution < -0.4 is 21.5 Å². The predicted octanol–water partition coefficient (Wildman–Crippen LogP) is 0.209. The van der Waals surface area contributed by atoms with Gasteiger partial charge < -0.3 is 22.1 Å². The average molecular weight is 401 g/mol. The van der Waals surface area contributed by atoms with Crippen molar-refractivity contribution in [1.82, 2.24) is 0 Å². The van der Waals surface area contributed by atoms with Gasteiger partial charge in [-0.2, -0.15) is 4.57 Å². The number of pyridine rings is 1. The van der Waals surface area contributed by atoms with Crippen molar-refractivity contribution >= 4 is 5.69 Å².